The van der Waals surface area contributed by atoms with Crippen molar-refractivity contribution in [2.45, 2.75) is 24.1 Å². The van der Waals surface area contributed by atoms with Crippen molar-refractivity contribution in [2.24, 2.45) is 5.92 Å². The Bertz CT molecular complexity index is 583. The lowest BCUT2D eigenvalue weighted by Crippen LogP contribution is -2.31. The minimum absolute atomic E-state index is 0.223. The lowest BCUT2D eigenvalue weighted by molar-refractivity contribution is -0.387. The lowest BCUT2D eigenvalue weighted by atomic mass is 10.1. The number of halogens is 3. The van der Waals surface area contributed by atoms with Crippen LogP contribution in [-0.4, -0.2) is 22.2 Å². The van der Waals surface area contributed by atoms with E-state index in [1.54, 1.807) is 0 Å². The molecule has 0 aliphatic heterocycles. The van der Waals surface area contributed by atoms with Gasteiger partial charge in [-0.3, -0.25) is 14.9 Å². The fraction of sp³-hybridized carbons (Fsp3) is 0.462. The molecule has 0 spiro atoms. The zero-order valence-electron chi connectivity index (χ0n) is 10.9. The van der Waals surface area contributed by atoms with Crippen molar-refractivity contribution in [1.82, 2.24) is 5.32 Å². The van der Waals surface area contributed by atoms with E-state index in [0.717, 1.165) is 19.3 Å². The summed E-state index contributed by atoms with van der Waals surface area (Å²) in [6.07, 6.45) is 2.97. The first-order chi connectivity index (χ1) is 9.90. The van der Waals surface area contributed by atoms with E-state index in [0.29, 0.717) is 18.7 Å². The van der Waals surface area contributed by atoms with Crippen molar-refractivity contribution >= 4 is 27.5 Å². The molecule has 1 fully saturated rings. The number of alkyl halides is 1. The van der Waals surface area contributed by atoms with Crippen LogP contribution in [0.1, 0.15) is 29.6 Å². The Hall–Kier alpha value is -1.57. The van der Waals surface area contributed by atoms with Gasteiger partial charge in [-0.05, 0) is 24.8 Å². The molecular weight excluding hydrogens is 350 g/mol. The van der Waals surface area contributed by atoms with E-state index in [9.17, 15) is 23.7 Å². The quantitative estimate of drug-likeness (QED) is 0.507. The van der Waals surface area contributed by atoms with Crippen LogP contribution in [0, 0.1) is 27.7 Å². The fourth-order valence-corrected chi connectivity index (χ4v) is 3.19. The van der Waals surface area contributed by atoms with E-state index in [2.05, 4.69) is 21.2 Å². The van der Waals surface area contributed by atoms with Crippen LogP contribution >= 0.6 is 15.9 Å². The standard InChI is InChI=1S/C13H13BrF2N2O3/c14-10-3-1-2-7(10)6-17-13(19)9-4-8(15)5-11(12(9)16)18(20)21/h4-5,7,10H,1-3,6H2,(H,17,19). The molecule has 5 nitrogen and oxygen atoms in total. The number of nitrogens with one attached hydrogen (secondary N) is 1. The van der Waals surface area contributed by atoms with E-state index in [4.69, 9.17) is 0 Å². The molecule has 1 amide bonds. The normalized spacial score (nSPS) is 21.3. The first kappa shape index (κ1) is 15.8. The van der Waals surface area contributed by atoms with Crippen LogP contribution in [0.4, 0.5) is 14.5 Å². The minimum atomic E-state index is -1.32. The maximum atomic E-state index is 13.9. The molecule has 1 aromatic carbocycles. The van der Waals surface area contributed by atoms with Crippen LogP contribution in [0.25, 0.3) is 0 Å². The van der Waals surface area contributed by atoms with E-state index >= 15 is 0 Å². The van der Waals surface area contributed by atoms with Gasteiger partial charge in [0.2, 0.25) is 5.82 Å². The van der Waals surface area contributed by atoms with Gasteiger partial charge in [-0.1, -0.05) is 22.4 Å². The number of hydrogen-bond donors (Lipinski definition) is 1. The highest BCUT2D eigenvalue weighted by Crippen LogP contribution is 2.31. The van der Waals surface area contributed by atoms with Gasteiger partial charge in [0.1, 0.15) is 5.82 Å². The summed E-state index contributed by atoms with van der Waals surface area (Å²) in [5.41, 5.74) is -1.69. The highest BCUT2D eigenvalue weighted by Gasteiger charge is 2.27. The molecule has 21 heavy (non-hydrogen) atoms. The average molecular weight is 363 g/mol. The van der Waals surface area contributed by atoms with Gasteiger partial charge in [0.15, 0.2) is 0 Å². The largest absolute Gasteiger partial charge is 0.352 e. The van der Waals surface area contributed by atoms with Gasteiger partial charge in [0.05, 0.1) is 16.6 Å². The smallest absolute Gasteiger partial charge is 0.308 e. The summed E-state index contributed by atoms with van der Waals surface area (Å²) in [5.74, 6) is -2.96. The number of nitrogens with zero attached hydrogens (tertiary/aromatic N) is 1. The molecule has 1 aliphatic rings. The molecular formula is C13H13BrF2N2O3. The molecule has 114 valence electrons. The highest BCUT2D eigenvalue weighted by molar-refractivity contribution is 9.09. The van der Waals surface area contributed by atoms with Crippen molar-refractivity contribution in [2.75, 3.05) is 6.54 Å². The van der Waals surface area contributed by atoms with Gasteiger partial charge in [-0.2, -0.15) is 4.39 Å². The molecule has 1 aromatic rings. The Kier molecular flexibility index (Phi) is 4.87. The topological polar surface area (TPSA) is 72.2 Å². The van der Waals surface area contributed by atoms with Gasteiger partial charge >= 0.3 is 5.69 Å². The predicted octanol–water partition coefficient (Wildman–Crippen LogP) is 3.17. The molecule has 0 bridgehead atoms. The van der Waals surface area contributed by atoms with Gasteiger partial charge < -0.3 is 5.32 Å². The number of carbonyl (C=O) groups is 1. The van der Waals surface area contributed by atoms with Crippen LogP contribution in [-0.2, 0) is 0 Å². The van der Waals surface area contributed by atoms with E-state index in [-0.39, 0.29) is 10.7 Å². The van der Waals surface area contributed by atoms with E-state index in [1.807, 2.05) is 0 Å². The second-order valence-electron chi connectivity index (χ2n) is 4.96. The van der Waals surface area contributed by atoms with Crippen molar-refractivity contribution in [3.63, 3.8) is 0 Å². The Labute approximate surface area is 128 Å². The third-order valence-electron chi connectivity index (χ3n) is 3.55. The Morgan fingerprint density at radius 3 is 2.71 bits per heavy atom. The summed E-state index contributed by atoms with van der Waals surface area (Å²) in [6.45, 7) is 0.318. The van der Waals surface area contributed by atoms with Crippen molar-refractivity contribution in [3.05, 3.63) is 39.4 Å². The summed E-state index contributed by atoms with van der Waals surface area (Å²) < 4.78 is 27.1. The maximum absolute atomic E-state index is 13.9. The molecule has 1 aliphatic carbocycles. The Balaban J connectivity index is 2.13. The predicted molar refractivity (Wildman–Crippen MR) is 75.4 cm³/mol. The molecule has 1 saturated carbocycles. The van der Waals surface area contributed by atoms with Crippen molar-refractivity contribution in [3.8, 4) is 0 Å². The number of amides is 1. The van der Waals surface area contributed by atoms with Crippen LogP contribution < -0.4 is 5.32 Å². The highest BCUT2D eigenvalue weighted by atomic mass is 79.9. The summed E-state index contributed by atoms with van der Waals surface area (Å²) in [7, 11) is 0. The number of hydrogen-bond acceptors (Lipinski definition) is 3. The van der Waals surface area contributed by atoms with Gasteiger partial charge in [-0.15, -0.1) is 0 Å². The fourth-order valence-electron chi connectivity index (χ4n) is 2.41. The molecule has 2 rings (SSSR count). The first-order valence-electron chi connectivity index (χ1n) is 6.46. The molecule has 2 unspecified atom stereocenters. The van der Waals surface area contributed by atoms with Crippen LogP contribution in [0.5, 0.6) is 0 Å². The molecule has 0 radical (unpaired) electrons. The van der Waals surface area contributed by atoms with Crippen LogP contribution in [0.2, 0.25) is 0 Å². The Morgan fingerprint density at radius 2 is 2.14 bits per heavy atom. The molecule has 0 saturated heterocycles. The lowest BCUT2D eigenvalue weighted by Gasteiger charge is -2.14. The summed E-state index contributed by atoms with van der Waals surface area (Å²) in [5, 5.41) is 13.1. The SMILES string of the molecule is O=C(NCC1CCCC1Br)c1cc(F)cc([N+](=O)[O-])c1F. The third kappa shape index (κ3) is 3.55. The average Bonchev–Trinajstić information content (AvgIpc) is 2.83. The molecule has 0 heterocycles. The maximum Gasteiger partial charge on any atom is 0.308 e. The number of carbonyl (C=O) groups excluding carboxylic acids is 1. The summed E-state index contributed by atoms with van der Waals surface area (Å²) >= 11 is 3.49. The van der Waals surface area contributed by atoms with Gasteiger partial charge in [0.25, 0.3) is 5.91 Å². The van der Waals surface area contributed by atoms with Crippen molar-refractivity contribution < 1.29 is 18.5 Å². The first-order valence-corrected chi connectivity index (χ1v) is 7.37. The van der Waals surface area contributed by atoms with Crippen LogP contribution in [0.3, 0.4) is 0 Å². The monoisotopic (exact) mass is 362 g/mol. The number of nitro benzene ring substituents is 1. The van der Waals surface area contributed by atoms with E-state index < -0.39 is 33.7 Å². The second-order valence-corrected chi connectivity index (χ2v) is 6.14. The van der Waals surface area contributed by atoms with E-state index in [1.165, 1.54) is 0 Å². The van der Waals surface area contributed by atoms with Crippen molar-refractivity contribution in [1.29, 1.82) is 0 Å². The zero-order chi connectivity index (χ0) is 15.6. The molecule has 2 atom stereocenters. The number of benzene rings is 1. The Morgan fingerprint density at radius 1 is 1.43 bits per heavy atom. The molecule has 8 heteroatoms. The number of nitro groups is 1. The molecule has 1 N–H and O–H groups in total. The summed E-state index contributed by atoms with van der Waals surface area (Å²) in [4.78, 5) is 21.7. The van der Waals surface area contributed by atoms with Gasteiger partial charge in [0, 0.05) is 11.4 Å². The third-order valence-corrected chi connectivity index (χ3v) is 4.76. The van der Waals surface area contributed by atoms with Gasteiger partial charge in [-0.25, -0.2) is 4.39 Å². The zero-order valence-corrected chi connectivity index (χ0v) is 12.5. The number of rotatable bonds is 4. The minimum Gasteiger partial charge on any atom is -0.352 e. The summed E-state index contributed by atoms with van der Waals surface area (Å²) in [6, 6.07) is 1.12. The molecule has 0 aromatic heterocycles. The van der Waals surface area contributed by atoms with Crippen LogP contribution in [0.15, 0.2) is 12.1 Å². The second kappa shape index (κ2) is 6.46.